The van der Waals surface area contributed by atoms with Gasteiger partial charge in [-0.3, -0.25) is 4.79 Å². The zero-order valence-electron chi connectivity index (χ0n) is 16.7. The maximum Gasteiger partial charge on any atom is 0.232 e. The number of rotatable bonds is 3. The number of fused-ring (bicyclic) bond motifs is 1. The van der Waals surface area contributed by atoms with Gasteiger partial charge in [0.05, 0.1) is 29.3 Å². The summed E-state index contributed by atoms with van der Waals surface area (Å²) in [6.07, 6.45) is 1.84. The summed E-state index contributed by atoms with van der Waals surface area (Å²) in [5.74, 6) is 0.609. The highest BCUT2D eigenvalue weighted by atomic mass is 35.5. The van der Waals surface area contributed by atoms with Crippen LogP contribution >= 0.6 is 23.7 Å². The van der Waals surface area contributed by atoms with Gasteiger partial charge in [-0.05, 0) is 25.3 Å². The second-order valence-electron chi connectivity index (χ2n) is 8.49. The molecule has 1 aromatic carbocycles. The summed E-state index contributed by atoms with van der Waals surface area (Å²) < 4.78 is 5.71. The predicted molar refractivity (Wildman–Crippen MR) is 117 cm³/mol. The molecule has 5 nitrogen and oxygen atoms in total. The first kappa shape index (κ1) is 20.8. The molecule has 29 heavy (non-hydrogen) atoms. The molecule has 4 heterocycles. The van der Waals surface area contributed by atoms with E-state index in [1.807, 2.05) is 0 Å². The van der Waals surface area contributed by atoms with Crippen molar-refractivity contribution in [1.29, 1.82) is 0 Å². The van der Waals surface area contributed by atoms with Crippen molar-refractivity contribution in [3.63, 3.8) is 0 Å². The summed E-state index contributed by atoms with van der Waals surface area (Å²) >= 11 is 1.71. The Hall–Kier alpha value is -1.47. The van der Waals surface area contributed by atoms with Crippen molar-refractivity contribution in [2.45, 2.75) is 25.2 Å². The highest BCUT2D eigenvalue weighted by Crippen LogP contribution is 2.44. The van der Waals surface area contributed by atoms with Gasteiger partial charge in [-0.15, -0.1) is 23.7 Å². The molecule has 3 aliphatic heterocycles. The van der Waals surface area contributed by atoms with Gasteiger partial charge >= 0.3 is 0 Å². The lowest BCUT2D eigenvalue weighted by molar-refractivity contribution is -0.144. The second-order valence-corrected chi connectivity index (χ2v) is 9.55. The smallest absolute Gasteiger partial charge is 0.232 e. The number of thiazole rings is 1. The first-order valence-electron chi connectivity index (χ1n) is 10.2. The van der Waals surface area contributed by atoms with Crippen molar-refractivity contribution in [3.05, 3.63) is 52.0 Å². The minimum absolute atomic E-state index is 0. The standard InChI is InChI=1S/C22H27N3O2S.ClH/c1-16-24-19(13-28-16)21(17-5-3-2-4-6-17)7-9-25(10-8-21)20(26)22-14-23-11-18(22)12-27-15-22;/h2-6,13,18,23H,7-12,14-15H2,1H3;1H/t18-,22-;/m0./s1. The number of halogens is 1. The van der Waals surface area contributed by atoms with E-state index in [-0.39, 0.29) is 29.1 Å². The number of carbonyl (C=O) groups excluding carboxylic acids is 1. The van der Waals surface area contributed by atoms with E-state index in [1.54, 1.807) is 11.3 Å². The number of aromatic nitrogens is 1. The minimum Gasteiger partial charge on any atom is -0.380 e. The molecule has 2 atom stereocenters. The quantitative estimate of drug-likeness (QED) is 0.808. The number of ether oxygens (including phenoxy) is 1. The van der Waals surface area contributed by atoms with Crippen LogP contribution < -0.4 is 5.32 Å². The van der Waals surface area contributed by atoms with Crippen LogP contribution in [0.4, 0.5) is 0 Å². The van der Waals surface area contributed by atoms with E-state index in [0.717, 1.165) is 49.7 Å². The molecule has 0 aliphatic carbocycles. The summed E-state index contributed by atoms with van der Waals surface area (Å²) in [6, 6.07) is 10.7. The van der Waals surface area contributed by atoms with Crippen LogP contribution in [-0.2, 0) is 14.9 Å². The van der Waals surface area contributed by atoms with Crippen molar-refractivity contribution in [2.24, 2.45) is 11.3 Å². The Morgan fingerprint density at radius 3 is 2.72 bits per heavy atom. The topological polar surface area (TPSA) is 54.5 Å². The van der Waals surface area contributed by atoms with E-state index in [4.69, 9.17) is 9.72 Å². The van der Waals surface area contributed by atoms with Gasteiger partial charge in [-0.2, -0.15) is 0 Å². The van der Waals surface area contributed by atoms with Gasteiger partial charge < -0.3 is 15.0 Å². The third-order valence-electron chi connectivity index (χ3n) is 7.06. The van der Waals surface area contributed by atoms with E-state index in [9.17, 15) is 4.79 Å². The van der Waals surface area contributed by atoms with Crippen LogP contribution in [0.15, 0.2) is 35.7 Å². The first-order chi connectivity index (χ1) is 13.6. The fourth-order valence-electron chi connectivity index (χ4n) is 5.33. The lowest BCUT2D eigenvalue weighted by Crippen LogP contribution is -2.53. The van der Waals surface area contributed by atoms with E-state index in [1.165, 1.54) is 5.56 Å². The number of hydrogen-bond donors (Lipinski definition) is 1. The van der Waals surface area contributed by atoms with Gasteiger partial charge in [0, 0.05) is 42.9 Å². The third kappa shape index (κ3) is 3.30. The van der Waals surface area contributed by atoms with Gasteiger partial charge in [-0.1, -0.05) is 30.3 Å². The molecule has 3 fully saturated rings. The molecule has 0 bridgehead atoms. The largest absolute Gasteiger partial charge is 0.380 e. The Morgan fingerprint density at radius 1 is 1.28 bits per heavy atom. The highest BCUT2D eigenvalue weighted by Gasteiger charge is 2.55. The Balaban J connectivity index is 0.00000205. The van der Waals surface area contributed by atoms with Crippen molar-refractivity contribution in [3.8, 4) is 0 Å². The number of piperidine rings is 1. The summed E-state index contributed by atoms with van der Waals surface area (Å²) in [6.45, 7) is 6.54. The van der Waals surface area contributed by atoms with Gasteiger partial charge in [0.1, 0.15) is 0 Å². The molecular weight excluding hydrogens is 406 g/mol. The van der Waals surface area contributed by atoms with Gasteiger partial charge in [-0.25, -0.2) is 4.98 Å². The number of likely N-dealkylation sites (tertiary alicyclic amines) is 1. The van der Waals surface area contributed by atoms with E-state index >= 15 is 0 Å². The van der Waals surface area contributed by atoms with Gasteiger partial charge in [0.25, 0.3) is 0 Å². The van der Waals surface area contributed by atoms with Gasteiger partial charge in [0.15, 0.2) is 0 Å². The van der Waals surface area contributed by atoms with Crippen molar-refractivity contribution < 1.29 is 9.53 Å². The molecule has 3 saturated heterocycles. The third-order valence-corrected chi connectivity index (χ3v) is 7.83. The molecule has 0 radical (unpaired) electrons. The predicted octanol–water partition coefficient (Wildman–Crippen LogP) is 3.02. The van der Waals surface area contributed by atoms with Crippen molar-refractivity contribution in [1.82, 2.24) is 15.2 Å². The number of carbonyl (C=O) groups is 1. The Morgan fingerprint density at radius 2 is 2.03 bits per heavy atom. The number of nitrogens with one attached hydrogen (secondary N) is 1. The molecule has 0 spiro atoms. The van der Waals surface area contributed by atoms with Gasteiger partial charge in [0.2, 0.25) is 5.91 Å². The monoisotopic (exact) mass is 433 g/mol. The average molecular weight is 434 g/mol. The highest BCUT2D eigenvalue weighted by molar-refractivity contribution is 7.09. The molecule has 1 aromatic heterocycles. The van der Waals surface area contributed by atoms with Crippen LogP contribution in [0.25, 0.3) is 0 Å². The van der Waals surface area contributed by atoms with Crippen LogP contribution in [-0.4, -0.2) is 55.2 Å². The summed E-state index contributed by atoms with van der Waals surface area (Å²) in [5.41, 5.74) is 2.04. The van der Waals surface area contributed by atoms with E-state index < -0.39 is 0 Å². The van der Waals surface area contributed by atoms with Crippen LogP contribution in [0, 0.1) is 18.3 Å². The zero-order valence-corrected chi connectivity index (χ0v) is 18.4. The lowest BCUT2D eigenvalue weighted by Gasteiger charge is -2.43. The maximum absolute atomic E-state index is 13.5. The Labute approximate surface area is 182 Å². The van der Waals surface area contributed by atoms with Crippen LogP contribution in [0.5, 0.6) is 0 Å². The molecule has 0 unspecified atom stereocenters. The number of benzene rings is 1. The number of aryl methyl sites for hydroxylation is 1. The lowest BCUT2D eigenvalue weighted by atomic mass is 9.70. The normalized spacial score (nSPS) is 28.0. The molecular formula is C22H28ClN3O2S. The first-order valence-corrected chi connectivity index (χ1v) is 11.1. The van der Waals surface area contributed by atoms with Crippen molar-refractivity contribution >= 4 is 29.7 Å². The average Bonchev–Trinajstić information content (AvgIpc) is 3.44. The van der Waals surface area contributed by atoms with Crippen molar-refractivity contribution in [2.75, 3.05) is 39.4 Å². The molecule has 3 aliphatic rings. The summed E-state index contributed by atoms with van der Waals surface area (Å²) in [4.78, 5) is 20.4. The molecule has 156 valence electrons. The Bertz CT molecular complexity index is 854. The molecule has 2 aromatic rings. The second kappa shape index (κ2) is 7.99. The molecule has 5 rings (SSSR count). The fraction of sp³-hybridized carbons (Fsp3) is 0.545. The van der Waals surface area contributed by atoms with E-state index in [2.05, 4.69) is 52.9 Å². The van der Waals surface area contributed by atoms with E-state index in [0.29, 0.717) is 19.1 Å². The zero-order chi connectivity index (χ0) is 19.2. The molecule has 7 heteroatoms. The van der Waals surface area contributed by atoms with Crippen LogP contribution in [0.2, 0.25) is 0 Å². The van der Waals surface area contributed by atoms with Crippen LogP contribution in [0.1, 0.15) is 29.1 Å². The SMILES string of the molecule is Cc1nc(C2(c3ccccc3)CCN(C(=O)[C@]34CNC[C@H]3COC4)CC2)cs1.Cl. The summed E-state index contributed by atoms with van der Waals surface area (Å²) in [7, 11) is 0. The fourth-order valence-corrected chi connectivity index (χ4v) is 6.04. The maximum atomic E-state index is 13.5. The minimum atomic E-state index is -0.343. The molecule has 1 amide bonds. The molecule has 1 N–H and O–H groups in total. The number of hydrogen-bond acceptors (Lipinski definition) is 5. The number of amides is 1. The number of nitrogens with zero attached hydrogens (tertiary/aromatic N) is 2. The van der Waals surface area contributed by atoms with Crippen LogP contribution in [0.3, 0.4) is 0 Å². The summed E-state index contributed by atoms with van der Waals surface area (Å²) in [5, 5.41) is 6.73. The Kier molecular flexibility index (Phi) is 5.73. The molecule has 0 saturated carbocycles.